The molecule has 4 rings (SSSR count). The largest absolute Gasteiger partial charge is 0.416 e. The molecule has 0 spiro atoms. The first-order chi connectivity index (χ1) is 16.2. The lowest BCUT2D eigenvalue weighted by atomic mass is 9.84. The molecule has 0 aromatic heterocycles. The van der Waals surface area contributed by atoms with Crippen molar-refractivity contribution in [1.29, 1.82) is 0 Å². The molecule has 0 aliphatic carbocycles. The average Bonchev–Trinajstić information content (AvgIpc) is 3.23. The monoisotopic (exact) mass is 504 g/mol. The number of benzene rings is 2. The summed E-state index contributed by atoms with van der Waals surface area (Å²) in [4.78, 5) is 14.0. The first-order valence-electron chi connectivity index (χ1n) is 10.9. The molecule has 1 amide bonds. The molecule has 2 heterocycles. The molecule has 0 saturated carbocycles. The van der Waals surface area contributed by atoms with Crippen molar-refractivity contribution in [3.05, 3.63) is 70.0 Å². The Kier molecular flexibility index (Phi) is 6.38. The number of carbonyl (C=O) groups excluding carboxylic acids is 1. The number of rotatable bonds is 4. The second kappa shape index (κ2) is 8.77. The van der Waals surface area contributed by atoms with Crippen molar-refractivity contribution in [2.75, 3.05) is 6.54 Å². The normalized spacial score (nSPS) is 25.8. The minimum Gasteiger partial charge on any atom is -0.368 e. The number of amides is 1. The quantitative estimate of drug-likeness (QED) is 0.572. The number of ether oxygens (including phenoxy) is 1. The van der Waals surface area contributed by atoms with Crippen molar-refractivity contribution >= 4 is 5.91 Å². The molecule has 4 unspecified atom stereocenters. The molecule has 2 aromatic rings. The smallest absolute Gasteiger partial charge is 0.368 e. The number of aryl methyl sites for hydroxylation is 1. The molecule has 0 bridgehead atoms. The van der Waals surface area contributed by atoms with Gasteiger partial charge in [0.1, 0.15) is 5.82 Å². The Bertz CT molecular complexity index is 1100. The zero-order valence-electron chi connectivity index (χ0n) is 18.8. The van der Waals surface area contributed by atoms with E-state index in [0.717, 1.165) is 0 Å². The molecule has 2 aliphatic rings. The fourth-order valence-electron chi connectivity index (χ4n) is 5.13. The molecule has 2 fully saturated rings. The van der Waals surface area contributed by atoms with E-state index in [2.05, 4.69) is 0 Å². The fourth-order valence-corrected chi connectivity index (χ4v) is 5.13. The Hall–Kier alpha value is -2.66. The van der Waals surface area contributed by atoms with Crippen LogP contribution in [0.25, 0.3) is 0 Å². The first kappa shape index (κ1) is 25.4. The van der Waals surface area contributed by atoms with Gasteiger partial charge < -0.3 is 15.4 Å². The van der Waals surface area contributed by atoms with E-state index in [4.69, 9.17) is 10.5 Å². The molecule has 190 valence electrons. The third kappa shape index (κ3) is 4.88. The van der Waals surface area contributed by atoms with Gasteiger partial charge in [-0.2, -0.15) is 26.3 Å². The lowest BCUT2D eigenvalue weighted by Gasteiger charge is -2.29. The second-order valence-corrected chi connectivity index (χ2v) is 9.09. The van der Waals surface area contributed by atoms with Crippen molar-refractivity contribution in [2.24, 2.45) is 5.73 Å². The van der Waals surface area contributed by atoms with Crippen molar-refractivity contribution in [3.8, 4) is 0 Å². The van der Waals surface area contributed by atoms with Crippen molar-refractivity contribution in [3.63, 3.8) is 0 Å². The number of nitrogens with two attached hydrogens (primary N) is 1. The van der Waals surface area contributed by atoms with E-state index in [9.17, 15) is 35.5 Å². The molecule has 2 aliphatic heterocycles. The van der Waals surface area contributed by atoms with Crippen LogP contribution in [0.2, 0.25) is 0 Å². The Morgan fingerprint density at radius 1 is 1.03 bits per heavy atom. The maximum Gasteiger partial charge on any atom is 0.416 e. The van der Waals surface area contributed by atoms with Crippen molar-refractivity contribution in [1.82, 2.24) is 4.90 Å². The van der Waals surface area contributed by atoms with Crippen LogP contribution in [-0.2, 0) is 21.9 Å². The van der Waals surface area contributed by atoms with E-state index in [1.807, 2.05) is 0 Å². The predicted octanol–water partition coefficient (Wildman–Crippen LogP) is 5.34. The number of hydrogen-bond donors (Lipinski definition) is 1. The molecular weight excluding hydrogens is 481 g/mol. The van der Waals surface area contributed by atoms with Crippen LogP contribution in [0.15, 0.2) is 36.4 Å². The van der Waals surface area contributed by atoms with Crippen molar-refractivity contribution in [2.45, 2.75) is 62.8 Å². The van der Waals surface area contributed by atoms with E-state index in [-0.39, 0.29) is 30.5 Å². The van der Waals surface area contributed by atoms with Gasteiger partial charge in [-0.05, 0) is 60.9 Å². The van der Waals surface area contributed by atoms with Gasteiger partial charge in [0.25, 0.3) is 0 Å². The summed E-state index contributed by atoms with van der Waals surface area (Å²) in [5, 5.41) is 0. The van der Waals surface area contributed by atoms with Gasteiger partial charge in [0.2, 0.25) is 5.91 Å². The predicted molar refractivity (Wildman–Crippen MR) is 112 cm³/mol. The topological polar surface area (TPSA) is 55.6 Å². The van der Waals surface area contributed by atoms with Crippen LogP contribution < -0.4 is 5.73 Å². The number of hydrogen-bond acceptors (Lipinski definition) is 3. The summed E-state index contributed by atoms with van der Waals surface area (Å²) in [6.07, 6.45) is -11.8. The zero-order valence-corrected chi connectivity index (χ0v) is 18.8. The number of alkyl halides is 6. The van der Waals surface area contributed by atoms with Crippen LogP contribution in [0.1, 0.15) is 53.2 Å². The highest BCUT2D eigenvalue weighted by molar-refractivity contribution is 5.81. The van der Waals surface area contributed by atoms with Gasteiger partial charge in [-0.1, -0.05) is 6.07 Å². The molecule has 2 N–H and O–H groups in total. The van der Waals surface area contributed by atoms with E-state index in [1.54, 1.807) is 13.0 Å². The van der Waals surface area contributed by atoms with Crippen LogP contribution in [0.4, 0.5) is 30.7 Å². The Labute approximate surface area is 196 Å². The lowest BCUT2D eigenvalue weighted by molar-refractivity contribution is -0.143. The first-order valence-corrected chi connectivity index (χ1v) is 10.9. The maximum atomic E-state index is 13.7. The summed E-state index contributed by atoms with van der Waals surface area (Å²) in [7, 11) is 0. The molecular formula is C24H23F7N2O2. The van der Waals surface area contributed by atoms with E-state index in [0.29, 0.717) is 23.3 Å². The highest BCUT2D eigenvalue weighted by Gasteiger charge is 2.53. The molecule has 0 radical (unpaired) electrons. The van der Waals surface area contributed by atoms with Gasteiger partial charge in [-0.3, -0.25) is 4.79 Å². The van der Waals surface area contributed by atoms with E-state index < -0.39 is 59.5 Å². The molecule has 2 saturated heterocycles. The fraction of sp³-hybridized carbons (Fsp3) is 0.458. The van der Waals surface area contributed by atoms with Crippen LogP contribution in [0, 0.1) is 12.7 Å². The molecule has 11 heteroatoms. The second-order valence-electron chi connectivity index (χ2n) is 9.09. The highest BCUT2D eigenvalue weighted by Crippen LogP contribution is 2.44. The summed E-state index contributed by atoms with van der Waals surface area (Å²) < 4.78 is 99.6. The van der Waals surface area contributed by atoms with Crippen LogP contribution in [0.5, 0.6) is 0 Å². The number of carbonyl (C=O) groups is 1. The number of halogens is 7. The van der Waals surface area contributed by atoms with Gasteiger partial charge in [0.05, 0.1) is 29.4 Å². The number of nitrogens with zero attached hydrogens (tertiary/aromatic N) is 1. The molecule has 5 atom stereocenters. The summed E-state index contributed by atoms with van der Waals surface area (Å²) in [5.74, 6) is -1.22. The van der Waals surface area contributed by atoms with Gasteiger partial charge >= 0.3 is 12.4 Å². The summed E-state index contributed by atoms with van der Waals surface area (Å²) in [6, 6.07) is 4.38. The SMILES string of the molecule is Cc1cc(F)ccc1C1C(O[C@H](C)c2cc(C(F)(F)F)cc(C(F)(F)F)c2)CN2C(=O)CC(N)C12. The zero-order chi connectivity index (χ0) is 25.9. The molecule has 4 nitrogen and oxygen atoms in total. The average molecular weight is 504 g/mol. The van der Waals surface area contributed by atoms with E-state index >= 15 is 0 Å². The Morgan fingerprint density at radius 2 is 1.63 bits per heavy atom. The van der Waals surface area contributed by atoms with Gasteiger partial charge in [-0.15, -0.1) is 0 Å². The third-order valence-electron chi connectivity index (χ3n) is 6.72. The standard InChI is InChI=1S/C24H23F7N2O2/c1-11-5-16(25)3-4-17(11)21-19(10-33-20(34)9-18(32)22(21)33)35-12(2)13-6-14(23(26,27)28)8-15(7-13)24(29,30)31/h3-8,12,18-19,21-22H,9-10,32H2,1-2H3/t12-,18?,19?,21?,22?/m1/s1. The van der Waals surface area contributed by atoms with Crippen LogP contribution in [0.3, 0.4) is 0 Å². The summed E-state index contributed by atoms with van der Waals surface area (Å²) in [6.45, 7) is 3.09. The van der Waals surface area contributed by atoms with Gasteiger partial charge in [-0.25, -0.2) is 4.39 Å². The maximum absolute atomic E-state index is 13.7. The molecule has 35 heavy (non-hydrogen) atoms. The van der Waals surface area contributed by atoms with E-state index in [1.165, 1.54) is 24.0 Å². The number of fused-ring (bicyclic) bond motifs is 1. The van der Waals surface area contributed by atoms with Crippen LogP contribution >= 0.6 is 0 Å². The van der Waals surface area contributed by atoms with Crippen molar-refractivity contribution < 1.29 is 40.3 Å². The highest BCUT2D eigenvalue weighted by atomic mass is 19.4. The lowest BCUT2D eigenvalue weighted by Crippen LogP contribution is -2.39. The minimum atomic E-state index is -4.99. The Balaban J connectivity index is 1.71. The Morgan fingerprint density at radius 3 is 2.17 bits per heavy atom. The third-order valence-corrected chi connectivity index (χ3v) is 6.72. The van der Waals surface area contributed by atoms with Crippen LogP contribution in [-0.4, -0.2) is 35.5 Å². The summed E-state index contributed by atoms with van der Waals surface area (Å²) in [5.41, 5.74) is 4.27. The molecule has 2 aromatic carbocycles. The van der Waals surface area contributed by atoms with Gasteiger partial charge in [0.15, 0.2) is 0 Å². The minimum absolute atomic E-state index is 0.0598. The van der Waals surface area contributed by atoms with Gasteiger partial charge in [0, 0.05) is 24.9 Å². The summed E-state index contributed by atoms with van der Waals surface area (Å²) >= 11 is 0.